The average molecular weight is 250 g/mol. The molecule has 0 bridgehead atoms. The van der Waals surface area contributed by atoms with Gasteiger partial charge in [-0.15, -0.1) is 0 Å². The maximum absolute atomic E-state index is 8.54. The molecule has 1 aromatic rings. The van der Waals surface area contributed by atoms with E-state index in [4.69, 9.17) is 19.5 Å². The number of hydrogen-bond donors (Lipinski definition) is 1. The van der Waals surface area contributed by atoms with Gasteiger partial charge in [-0.05, 0) is 5.56 Å². The van der Waals surface area contributed by atoms with Gasteiger partial charge in [-0.3, -0.25) is 0 Å². The molecule has 0 atom stereocenters. The zero-order valence-electron chi connectivity index (χ0n) is 8.30. The molecule has 0 fully saturated rings. The van der Waals surface area contributed by atoms with Gasteiger partial charge < -0.3 is 19.5 Å². The molecule has 4 nitrogen and oxygen atoms in total. The number of aliphatic hydroxyl groups is 1. The summed E-state index contributed by atoms with van der Waals surface area (Å²) in [6.07, 6.45) is 0. The Morgan fingerprint density at radius 2 is 1.20 bits per heavy atom. The minimum absolute atomic E-state index is 0. The molecular weight excluding hydrogens is 236 g/mol. The predicted octanol–water partition coefficient (Wildman–Crippen LogP) is 0.622. The minimum atomic E-state index is 0. The second-order valence-electron chi connectivity index (χ2n) is 1.64. The molecule has 0 aliphatic carbocycles. The van der Waals surface area contributed by atoms with Gasteiger partial charge in [0.15, 0.2) is 0 Å². The van der Waals surface area contributed by atoms with Crippen LogP contribution >= 0.6 is 0 Å². The maximum Gasteiger partial charge on any atom is 0.106 e. The Labute approximate surface area is 100 Å². The van der Waals surface area contributed by atoms with Crippen LogP contribution in [0.25, 0.3) is 0 Å². The van der Waals surface area contributed by atoms with Crippen molar-refractivity contribution in [1.29, 1.82) is 0 Å². The van der Waals surface area contributed by atoms with Gasteiger partial charge in [0.1, 0.15) is 20.4 Å². The zero-order valence-corrected chi connectivity index (χ0v) is 9.57. The van der Waals surface area contributed by atoms with Crippen LogP contribution in [0.5, 0.6) is 0 Å². The van der Waals surface area contributed by atoms with E-state index in [1.54, 1.807) is 0 Å². The average Bonchev–Trinajstić information content (AvgIpc) is 2.37. The summed E-state index contributed by atoms with van der Waals surface area (Å²) in [6, 6.07) is 9.52. The van der Waals surface area contributed by atoms with Crippen LogP contribution in [0, 0.1) is 0 Å². The predicted molar refractivity (Wildman–Crippen MR) is 53.7 cm³/mol. The van der Waals surface area contributed by atoms with Crippen LogP contribution in [0.2, 0.25) is 0 Å². The fraction of sp³-hybridized carbons (Fsp3) is 0.100. The van der Waals surface area contributed by atoms with Crippen molar-refractivity contribution in [2.24, 2.45) is 0 Å². The Morgan fingerprint density at radius 1 is 0.867 bits per heavy atom. The molecule has 0 saturated carbocycles. The van der Waals surface area contributed by atoms with Crippen molar-refractivity contribution in [2.45, 2.75) is 6.61 Å². The summed E-state index contributed by atoms with van der Waals surface area (Å²) in [5.41, 5.74) is 0.965. The molecule has 0 aliphatic heterocycles. The Morgan fingerprint density at radius 3 is 1.40 bits per heavy atom. The molecule has 0 aromatic heterocycles. The van der Waals surface area contributed by atoms with E-state index in [1.165, 1.54) is 0 Å². The first kappa shape index (κ1) is 23.5. The van der Waals surface area contributed by atoms with Crippen LogP contribution in [0.4, 0.5) is 0 Å². The van der Waals surface area contributed by atoms with E-state index in [0.29, 0.717) is 0 Å². The SMILES string of the molecule is C=O.C=O.C=O.OCc1ccccc1.[Cr]. The quantitative estimate of drug-likeness (QED) is 0.793. The van der Waals surface area contributed by atoms with Crippen molar-refractivity contribution in [2.75, 3.05) is 0 Å². The number of hydrogen-bond acceptors (Lipinski definition) is 4. The van der Waals surface area contributed by atoms with E-state index in [0.717, 1.165) is 5.56 Å². The van der Waals surface area contributed by atoms with Crippen LogP contribution in [-0.2, 0) is 38.4 Å². The van der Waals surface area contributed by atoms with E-state index in [-0.39, 0.29) is 24.0 Å². The summed E-state index contributed by atoms with van der Waals surface area (Å²) >= 11 is 0. The molecule has 0 heterocycles. The molecule has 0 spiro atoms. The van der Waals surface area contributed by atoms with Crippen molar-refractivity contribution < 1.29 is 36.9 Å². The van der Waals surface area contributed by atoms with Gasteiger partial charge in [-0.2, -0.15) is 0 Å². The smallest absolute Gasteiger partial charge is 0.106 e. The molecule has 5 heteroatoms. The monoisotopic (exact) mass is 250 g/mol. The molecule has 0 aliphatic rings. The Kier molecular flexibility index (Phi) is 45.9. The van der Waals surface area contributed by atoms with Gasteiger partial charge >= 0.3 is 0 Å². The molecular formula is C10H14CrO4. The second-order valence-corrected chi connectivity index (χ2v) is 1.64. The summed E-state index contributed by atoms with van der Waals surface area (Å²) in [6.45, 7) is 6.14. The van der Waals surface area contributed by atoms with E-state index in [2.05, 4.69) is 0 Å². The van der Waals surface area contributed by atoms with Gasteiger partial charge in [0.05, 0.1) is 6.61 Å². The van der Waals surface area contributed by atoms with Crippen molar-refractivity contribution in [3.8, 4) is 0 Å². The fourth-order valence-electron chi connectivity index (χ4n) is 0.583. The molecule has 0 saturated heterocycles. The van der Waals surface area contributed by atoms with E-state index < -0.39 is 0 Å². The van der Waals surface area contributed by atoms with Gasteiger partial charge in [-0.1, -0.05) is 30.3 Å². The van der Waals surface area contributed by atoms with Crippen molar-refractivity contribution in [1.82, 2.24) is 0 Å². The van der Waals surface area contributed by atoms with E-state index >= 15 is 0 Å². The summed E-state index contributed by atoms with van der Waals surface area (Å²) in [5, 5.41) is 8.54. The summed E-state index contributed by atoms with van der Waals surface area (Å²) in [4.78, 5) is 24.0. The molecule has 0 amide bonds. The standard InChI is InChI=1S/C7H8O.3CH2O.Cr/c8-6-7-4-2-1-3-5-7;3*1-2;/h1-5,8H,6H2;3*1H2;. The van der Waals surface area contributed by atoms with E-state index in [1.807, 2.05) is 50.7 Å². The van der Waals surface area contributed by atoms with Crippen LogP contribution in [0.3, 0.4) is 0 Å². The van der Waals surface area contributed by atoms with Gasteiger partial charge in [0.25, 0.3) is 0 Å². The summed E-state index contributed by atoms with van der Waals surface area (Å²) in [7, 11) is 0. The minimum Gasteiger partial charge on any atom is -0.392 e. The van der Waals surface area contributed by atoms with Crippen LogP contribution in [0.1, 0.15) is 5.56 Å². The van der Waals surface area contributed by atoms with Crippen LogP contribution < -0.4 is 0 Å². The Bertz CT molecular complexity index is 189. The van der Waals surface area contributed by atoms with Crippen molar-refractivity contribution in [3.05, 3.63) is 35.9 Å². The molecule has 0 radical (unpaired) electrons. The van der Waals surface area contributed by atoms with Gasteiger partial charge in [-0.25, -0.2) is 0 Å². The van der Waals surface area contributed by atoms with Gasteiger partial charge in [0, 0.05) is 17.4 Å². The first-order valence-corrected chi connectivity index (χ1v) is 3.45. The maximum atomic E-state index is 8.54. The zero-order chi connectivity index (χ0) is 11.8. The van der Waals surface area contributed by atoms with Crippen molar-refractivity contribution in [3.63, 3.8) is 0 Å². The number of aliphatic hydroxyl groups excluding tert-OH is 1. The van der Waals surface area contributed by atoms with Crippen molar-refractivity contribution >= 4 is 20.4 Å². The normalized spacial score (nSPS) is 5.67. The topological polar surface area (TPSA) is 71.4 Å². The van der Waals surface area contributed by atoms with Crippen LogP contribution in [-0.4, -0.2) is 25.5 Å². The number of rotatable bonds is 1. The first-order chi connectivity index (χ1) is 6.93. The third-order valence-electron chi connectivity index (χ3n) is 1.03. The molecule has 15 heavy (non-hydrogen) atoms. The molecule has 84 valence electrons. The fourth-order valence-corrected chi connectivity index (χ4v) is 0.583. The number of benzene rings is 1. The van der Waals surface area contributed by atoms with Gasteiger partial charge in [0.2, 0.25) is 0 Å². The molecule has 1 rings (SSSR count). The summed E-state index contributed by atoms with van der Waals surface area (Å²) < 4.78 is 0. The van der Waals surface area contributed by atoms with E-state index in [9.17, 15) is 0 Å². The number of carbonyl (C=O) groups is 3. The Hall–Kier alpha value is -1.28. The first-order valence-electron chi connectivity index (χ1n) is 3.45. The summed E-state index contributed by atoms with van der Waals surface area (Å²) in [5.74, 6) is 0. The third kappa shape index (κ3) is 19.2. The molecule has 0 unspecified atom stereocenters. The molecule has 1 N–H and O–H groups in total. The Balaban J connectivity index is -0.0000000755. The third-order valence-corrected chi connectivity index (χ3v) is 1.03. The number of carbonyl (C=O) groups excluding carboxylic acids is 3. The van der Waals surface area contributed by atoms with Crippen LogP contribution in [0.15, 0.2) is 30.3 Å². The largest absolute Gasteiger partial charge is 0.392 e. The molecule has 1 aromatic carbocycles. The second kappa shape index (κ2) is 29.3.